The summed E-state index contributed by atoms with van der Waals surface area (Å²) in [6, 6.07) is 1.83. The van der Waals surface area contributed by atoms with E-state index in [0.29, 0.717) is 23.3 Å². The minimum absolute atomic E-state index is 0.314. The zero-order valence-electron chi connectivity index (χ0n) is 9.01. The molecule has 0 aliphatic carbocycles. The second kappa shape index (κ2) is 4.49. The predicted molar refractivity (Wildman–Crippen MR) is 59.6 cm³/mol. The summed E-state index contributed by atoms with van der Waals surface area (Å²) >= 11 is 5.66. The molecule has 0 bridgehead atoms. The standard InChI is InChI=1S/C10H11ClN4O/c1-7-3-10(15(2)14-7)16-9-6-12-5-8(4-11)13-9/h3,5-6H,4H2,1-2H3. The van der Waals surface area contributed by atoms with Crippen molar-refractivity contribution in [1.82, 2.24) is 19.7 Å². The molecule has 2 rings (SSSR count). The largest absolute Gasteiger partial charge is 0.419 e. The van der Waals surface area contributed by atoms with Crippen molar-refractivity contribution in [3.05, 3.63) is 29.8 Å². The van der Waals surface area contributed by atoms with Gasteiger partial charge >= 0.3 is 0 Å². The molecule has 0 spiro atoms. The van der Waals surface area contributed by atoms with Crippen molar-refractivity contribution in [1.29, 1.82) is 0 Å². The van der Waals surface area contributed by atoms with Gasteiger partial charge in [0.25, 0.3) is 0 Å². The Morgan fingerprint density at radius 2 is 2.25 bits per heavy atom. The average molecular weight is 239 g/mol. The van der Waals surface area contributed by atoms with E-state index in [2.05, 4.69) is 15.1 Å². The number of alkyl halides is 1. The maximum absolute atomic E-state index is 5.66. The van der Waals surface area contributed by atoms with Gasteiger partial charge in [0.05, 0.1) is 23.5 Å². The van der Waals surface area contributed by atoms with Crippen LogP contribution in [0.3, 0.4) is 0 Å². The lowest BCUT2D eigenvalue weighted by atomic mass is 10.5. The van der Waals surface area contributed by atoms with E-state index >= 15 is 0 Å². The molecule has 0 aromatic carbocycles. The quantitative estimate of drug-likeness (QED) is 0.768. The Balaban J connectivity index is 2.23. The molecule has 0 aliphatic rings. The molecule has 0 unspecified atom stereocenters. The Bertz CT molecular complexity index is 497. The zero-order valence-corrected chi connectivity index (χ0v) is 9.77. The van der Waals surface area contributed by atoms with Crippen LogP contribution in [-0.2, 0) is 12.9 Å². The Morgan fingerprint density at radius 1 is 1.44 bits per heavy atom. The minimum atomic E-state index is 0.314. The lowest BCUT2D eigenvalue weighted by Gasteiger charge is -2.04. The summed E-state index contributed by atoms with van der Waals surface area (Å²) in [5.41, 5.74) is 1.57. The van der Waals surface area contributed by atoms with Gasteiger partial charge in [0, 0.05) is 19.3 Å². The molecular formula is C10H11ClN4O. The third-order valence-electron chi connectivity index (χ3n) is 1.97. The van der Waals surface area contributed by atoms with Crippen molar-refractivity contribution < 1.29 is 4.74 Å². The Hall–Kier alpha value is -1.62. The number of halogens is 1. The number of nitrogens with zero attached hydrogens (tertiary/aromatic N) is 4. The Morgan fingerprint density at radius 3 is 2.88 bits per heavy atom. The summed E-state index contributed by atoms with van der Waals surface area (Å²) in [5.74, 6) is 1.36. The van der Waals surface area contributed by atoms with Crippen LogP contribution in [0, 0.1) is 6.92 Å². The normalized spacial score (nSPS) is 10.4. The van der Waals surface area contributed by atoms with Crippen LogP contribution in [0.1, 0.15) is 11.4 Å². The fourth-order valence-corrected chi connectivity index (χ4v) is 1.42. The first kappa shape index (κ1) is 10.9. The Kier molecular flexibility index (Phi) is 3.05. The lowest BCUT2D eigenvalue weighted by Crippen LogP contribution is -1.98. The number of aryl methyl sites for hydroxylation is 2. The van der Waals surface area contributed by atoms with Crippen LogP contribution in [0.4, 0.5) is 0 Å². The van der Waals surface area contributed by atoms with Gasteiger partial charge in [-0.1, -0.05) is 0 Å². The van der Waals surface area contributed by atoms with Gasteiger partial charge in [-0.15, -0.1) is 11.6 Å². The number of hydrogen-bond donors (Lipinski definition) is 0. The van der Waals surface area contributed by atoms with E-state index in [-0.39, 0.29) is 0 Å². The second-order valence-electron chi connectivity index (χ2n) is 3.33. The summed E-state index contributed by atoms with van der Waals surface area (Å²) in [5, 5.41) is 4.17. The van der Waals surface area contributed by atoms with Gasteiger partial charge in [0.2, 0.25) is 11.8 Å². The molecule has 16 heavy (non-hydrogen) atoms. The summed E-state index contributed by atoms with van der Waals surface area (Å²) in [7, 11) is 1.81. The van der Waals surface area contributed by atoms with E-state index in [4.69, 9.17) is 16.3 Å². The molecule has 0 saturated heterocycles. The number of hydrogen-bond acceptors (Lipinski definition) is 4. The van der Waals surface area contributed by atoms with Crippen molar-refractivity contribution in [3.8, 4) is 11.8 Å². The summed E-state index contributed by atoms with van der Waals surface area (Å²) < 4.78 is 7.18. The van der Waals surface area contributed by atoms with Crippen molar-refractivity contribution in [2.24, 2.45) is 7.05 Å². The van der Waals surface area contributed by atoms with Crippen LogP contribution in [0.15, 0.2) is 18.5 Å². The molecule has 84 valence electrons. The highest BCUT2D eigenvalue weighted by Gasteiger charge is 2.06. The molecule has 5 nitrogen and oxygen atoms in total. The molecule has 2 aromatic rings. The van der Waals surface area contributed by atoms with E-state index in [1.807, 2.05) is 13.0 Å². The molecule has 2 heterocycles. The molecule has 2 aromatic heterocycles. The minimum Gasteiger partial charge on any atom is -0.419 e. The van der Waals surface area contributed by atoms with Crippen molar-refractivity contribution in [2.75, 3.05) is 0 Å². The monoisotopic (exact) mass is 238 g/mol. The average Bonchev–Trinajstić information content (AvgIpc) is 2.58. The first-order chi connectivity index (χ1) is 7.69. The van der Waals surface area contributed by atoms with E-state index in [9.17, 15) is 0 Å². The first-order valence-corrected chi connectivity index (χ1v) is 5.28. The molecule has 0 aliphatic heterocycles. The van der Waals surface area contributed by atoms with Crippen LogP contribution >= 0.6 is 11.6 Å². The van der Waals surface area contributed by atoms with Crippen molar-refractivity contribution in [3.63, 3.8) is 0 Å². The molecule has 0 amide bonds. The van der Waals surface area contributed by atoms with Crippen LogP contribution in [0.2, 0.25) is 0 Å². The SMILES string of the molecule is Cc1cc(Oc2cncc(CCl)n2)n(C)n1. The summed E-state index contributed by atoms with van der Waals surface area (Å²) in [6.07, 6.45) is 3.15. The second-order valence-corrected chi connectivity index (χ2v) is 3.60. The van der Waals surface area contributed by atoms with E-state index < -0.39 is 0 Å². The highest BCUT2D eigenvalue weighted by atomic mass is 35.5. The first-order valence-electron chi connectivity index (χ1n) is 4.74. The zero-order chi connectivity index (χ0) is 11.5. The highest BCUT2D eigenvalue weighted by molar-refractivity contribution is 6.16. The van der Waals surface area contributed by atoms with E-state index in [1.165, 1.54) is 0 Å². The molecule has 0 saturated carbocycles. The Labute approximate surface area is 98.0 Å². The van der Waals surface area contributed by atoms with Crippen molar-refractivity contribution >= 4 is 11.6 Å². The van der Waals surface area contributed by atoms with Crippen LogP contribution in [0.5, 0.6) is 11.8 Å². The fourth-order valence-electron chi connectivity index (χ4n) is 1.29. The predicted octanol–water partition coefficient (Wildman–Crippen LogP) is 2.05. The smallest absolute Gasteiger partial charge is 0.240 e. The maximum Gasteiger partial charge on any atom is 0.240 e. The van der Waals surface area contributed by atoms with Gasteiger partial charge in [-0.3, -0.25) is 4.98 Å². The van der Waals surface area contributed by atoms with Crippen molar-refractivity contribution in [2.45, 2.75) is 12.8 Å². The van der Waals surface area contributed by atoms with Crippen LogP contribution in [-0.4, -0.2) is 19.7 Å². The van der Waals surface area contributed by atoms with Gasteiger partial charge in [0.15, 0.2) is 0 Å². The molecule has 0 radical (unpaired) electrons. The third kappa shape index (κ3) is 2.30. The maximum atomic E-state index is 5.66. The highest BCUT2D eigenvalue weighted by Crippen LogP contribution is 2.19. The summed E-state index contributed by atoms with van der Waals surface area (Å²) in [4.78, 5) is 8.17. The molecule has 0 N–H and O–H groups in total. The van der Waals surface area contributed by atoms with E-state index in [1.54, 1.807) is 24.1 Å². The molecule has 6 heteroatoms. The fraction of sp³-hybridized carbons (Fsp3) is 0.300. The van der Waals surface area contributed by atoms with Crippen LogP contribution in [0.25, 0.3) is 0 Å². The van der Waals surface area contributed by atoms with Crippen LogP contribution < -0.4 is 4.74 Å². The molecule has 0 atom stereocenters. The lowest BCUT2D eigenvalue weighted by molar-refractivity contribution is 0.412. The van der Waals surface area contributed by atoms with Gasteiger partial charge < -0.3 is 4.74 Å². The van der Waals surface area contributed by atoms with E-state index in [0.717, 1.165) is 5.69 Å². The van der Waals surface area contributed by atoms with Gasteiger partial charge in [-0.2, -0.15) is 5.10 Å². The molecular weight excluding hydrogens is 228 g/mol. The summed E-state index contributed by atoms with van der Waals surface area (Å²) in [6.45, 7) is 1.90. The van der Waals surface area contributed by atoms with Gasteiger partial charge in [-0.05, 0) is 6.92 Å². The van der Waals surface area contributed by atoms with Gasteiger partial charge in [0.1, 0.15) is 0 Å². The number of rotatable bonds is 3. The third-order valence-corrected chi connectivity index (χ3v) is 2.24. The number of ether oxygens (including phenoxy) is 1. The number of aromatic nitrogens is 4. The van der Waals surface area contributed by atoms with Gasteiger partial charge in [-0.25, -0.2) is 9.67 Å². The topological polar surface area (TPSA) is 52.8 Å². The molecule has 0 fully saturated rings.